The van der Waals surface area contributed by atoms with Crippen molar-refractivity contribution in [2.24, 2.45) is 0 Å². The molecule has 1 atom stereocenters. The third-order valence-electron chi connectivity index (χ3n) is 4.06. The van der Waals surface area contributed by atoms with Crippen LogP contribution >= 0.6 is 27.7 Å². The van der Waals surface area contributed by atoms with Gasteiger partial charge in [0.15, 0.2) is 0 Å². The van der Waals surface area contributed by atoms with Gasteiger partial charge in [-0.25, -0.2) is 4.79 Å². The average molecular weight is 432 g/mol. The van der Waals surface area contributed by atoms with E-state index in [0.717, 1.165) is 14.9 Å². The Morgan fingerprint density at radius 2 is 1.77 bits per heavy atom. The van der Waals surface area contributed by atoms with Crippen molar-refractivity contribution in [3.05, 3.63) is 69.8 Å². The molecule has 7 heteroatoms. The van der Waals surface area contributed by atoms with Crippen LogP contribution in [0, 0.1) is 0 Å². The summed E-state index contributed by atoms with van der Waals surface area (Å²) in [5, 5.41) is 8.42. The lowest BCUT2D eigenvalue weighted by molar-refractivity contribution is -0.113. The molecular formula is C19H18BrN3O2S. The molecule has 0 bridgehead atoms. The Hall–Kier alpha value is -2.25. The maximum absolute atomic E-state index is 12.9. The number of amides is 3. The molecule has 0 aromatic heterocycles. The zero-order chi connectivity index (χ0) is 18.7. The predicted octanol–water partition coefficient (Wildman–Crippen LogP) is 4.44. The summed E-state index contributed by atoms with van der Waals surface area (Å²) in [5.41, 5.74) is 2.58. The van der Waals surface area contributed by atoms with E-state index >= 15 is 0 Å². The minimum atomic E-state index is -0.505. The highest BCUT2D eigenvalue weighted by atomic mass is 79.9. The molecule has 3 rings (SSSR count). The van der Waals surface area contributed by atoms with Crippen molar-refractivity contribution < 1.29 is 9.59 Å². The maximum atomic E-state index is 12.9. The number of rotatable bonds is 4. The molecule has 134 valence electrons. The van der Waals surface area contributed by atoms with Gasteiger partial charge in [0.05, 0.1) is 11.6 Å². The number of thioether (sulfide) groups is 1. The highest BCUT2D eigenvalue weighted by Gasteiger charge is 2.31. The van der Waals surface area contributed by atoms with Crippen molar-refractivity contribution in [1.82, 2.24) is 10.6 Å². The van der Waals surface area contributed by atoms with Gasteiger partial charge in [0.25, 0.3) is 5.91 Å². The quantitative estimate of drug-likeness (QED) is 0.626. The van der Waals surface area contributed by atoms with E-state index in [4.69, 9.17) is 0 Å². The van der Waals surface area contributed by atoms with Crippen molar-refractivity contribution >= 4 is 45.3 Å². The van der Waals surface area contributed by atoms with Crippen LogP contribution in [0.3, 0.4) is 0 Å². The van der Waals surface area contributed by atoms with Crippen LogP contribution in [0.1, 0.15) is 18.5 Å². The second kappa shape index (κ2) is 7.97. The zero-order valence-electron chi connectivity index (χ0n) is 14.3. The molecule has 1 aliphatic heterocycles. The normalized spacial score (nSPS) is 16.7. The van der Waals surface area contributed by atoms with Gasteiger partial charge in [-0.15, -0.1) is 11.8 Å². The maximum Gasteiger partial charge on any atom is 0.319 e. The van der Waals surface area contributed by atoms with E-state index < -0.39 is 6.04 Å². The van der Waals surface area contributed by atoms with E-state index in [1.54, 1.807) is 18.7 Å². The van der Waals surface area contributed by atoms with E-state index in [9.17, 15) is 9.59 Å². The minimum absolute atomic E-state index is 0.253. The van der Waals surface area contributed by atoms with Gasteiger partial charge >= 0.3 is 6.03 Å². The summed E-state index contributed by atoms with van der Waals surface area (Å²) < 4.78 is 0.934. The molecule has 2 aromatic rings. The molecule has 1 heterocycles. The highest BCUT2D eigenvalue weighted by molar-refractivity contribution is 9.10. The van der Waals surface area contributed by atoms with Crippen LogP contribution < -0.4 is 16.0 Å². The van der Waals surface area contributed by atoms with Crippen LogP contribution in [0.5, 0.6) is 0 Å². The van der Waals surface area contributed by atoms with Crippen LogP contribution in [0.4, 0.5) is 10.5 Å². The summed E-state index contributed by atoms with van der Waals surface area (Å²) in [7, 11) is 0. The lowest BCUT2D eigenvalue weighted by Gasteiger charge is -2.28. The Morgan fingerprint density at radius 1 is 1.12 bits per heavy atom. The van der Waals surface area contributed by atoms with Crippen LogP contribution in [-0.2, 0) is 4.79 Å². The van der Waals surface area contributed by atoms with Crippen molar-refractivity contribution in [3.63, 3.8) is 0 Å². The predicted molar refractivity (Wildman–Crippen MR) is 108 cm³/mol. The summed E-state index contributed by atoms with van der Waals surface area (Å²) in [6.45, 7) is 1.73. The molecule has 0 fully saturated rings. The lowest BCUT2D eigenvalue weighted by Crippen LogP contribution is -2.45. The Labute approximate surface area is 164 Å². The summed E-state index contributed by atoms with van der Waals surface area (Å²) in [6.07, 6.45) is 2.00. The number of urea groups is 1. The van der Waals surface area contributed by atoms with Crippen LogP contribution in [0.25, 0.3) is 0 Å². The minimum Gasteiger partial charge on any atom is -0.327 e. The van der Waals surface area contributed by atoms with Crippen LogP contribution in [0.2, 0.25) is 0 Å². The summed E-state index contributed by atoms with van der Waals surface area (Å²) >= 11 is 5.02. The summed E-state index contributed by atoms with van der Waals surface area (Å²) in [4.78, 5) is 26.0. The van der Waals surface area contributed by atoms with Crippen molar-refractivity contribution in [3.8, 4) is 0 Å². The fraction of sp³-hybridized carbons (Fsp3) is 0.158. The first-order valence-corrected chi connectivity index (χ1v) is 9.99. The van der Waals surface area contributed by atoms with E-state index in [-0.39, 0.29) is 11.9 Å². The Kier molecular flexibility index (Phi) is 5.68. The van der Waals surface area contributed by atoms with Crippen molar-refractivity contribution in [2.75, 3.05) is 11.6 Å². The third kappa shape index (κ3) is 4.11. The fourth-order valence-corrected chi connectivity index (χ4v) is 3.45. The first kappa shape index (κ1) is 18.5. The zero-order valence-corrected chi connectivity index (χ0v) is 16.7. The Bertz CT molecular complexity index is 863. The molecular weight excluding hydrogens is 414 g/mol. The first-order valence-electron chi connectivity index (χ1n) is 7.97. The number of carbonyl (C=O) groups excluding carboxylic acids is 2. The number of allylic oxidation sites excluding steroid dienone is 1. The number of hydrogen-bond donors (Lipinski definition) is 3. The molecule has 5 nitrogen and oxygen atoms in total. The third-order valence-corrected chi connectivity index (χ3v) is 5.34. The topological polar surface area (TPSA) is 70.2 Å². The monoisotopic (exact) mass is 431 g/mol. The molecule has 26 heavy (non-hydrogen) atoms. The molecule has 2 aromatic carbocycles. The molecule has 0 saturated carbocycles. The van der Waals surface area contributed by atoms with Gasteiger partial charge in [-0.2, -0.15) is 0 Å². The second-order valence-electron chi connectivity index (χ2n) is 5.80. The van der Waals surface area contributed by atoms with Crippen molar-refractivity contribution in [1.29, 1.82) is 0 Å². The standard InChI is InChI=1S/C19H18BrN3O2S/c1-11-16(18(24)22-14-7-5-13(20)6-8-14)17(23-19(25)21-11)12-3-9-15(26-2)10-4-12/h3-10,17H,1-2H3,(H,22,24)(H2,21,23,25). The number of anilines is 1. The molecule has 0 radical (unpaired) electrons. The molecule has 3 amide bonds. The molecule has 0 saturated heterocycles. The van der Waals surface area contributed by atoms with Crippen molar-refractivity contribution in [2.45, 2.75) is 17.9 Å². The highest BCUT2D eigenvalue weighted by Crippen LogP contribution is 2.29. The van der Waals surface area contributed by atoms with E-state index in [1.165, 1.54) is 0 Å². The second-order valence-corrected chi connectivity index (χ2v) is 7.60. The Balaban J connectivity index is 1.91. The number of halogens is 1. The Morgan fingerprint density at radius 3 is 2.38 bits per heavy atom. The van der Waals surface area contributed by atoms with Crippen LogP contribution in [0.15, 0.2) is 69.2 Å². The van der Waals surface area contributed by atoms with Gasteiger partial charge in [0.2, 0.25) is 0 Å². The van der Waals surface area contributed by atoms with Gasteiger partial charge in [0.1, 0.15) is 0 Å². The fourth-order valence-electron chi connectivity index (χ4n) is 2.77. The van der Waals surface area contributed by atoms with Gasteiger partial charge in [-0.05, 0) is 55.1 Å². The van der Waals surface area contributed by atoms with E-state index in [1.807, 2.05) is 54.8 Å². The van der Waals surface area contributed by atoms with E-state index in [0.29, 0.717) is 17.0 Å². The van der Waals surface area contributed by atoms with E-state index in [2.05, 4.69) is 31.9 Å². The number of carbonyl (C=O) groups is 2. The van der Waals surface area contributed by atoms with Gasteiger partial charge in [0, 0.05) is 20.8 Å². The molecule has 3 N–H and O–H groups in total. The van der Waals surface area contributed by atoms with Gasteiger partial charge in [-0.3, -0.25) is 4.79 Å². The number of nitrogens with one attached hydrogen (secondary N) is 3. The molecule has 1 unspecified atom stereocenters. The SMILES string of the molecule is CSc1ccc(C2NC(=O)NC(C)=C2C(=O)Nc2ccc(Br)cc2)cc1. The van der Waals surface area contributed by atoms with Crippen LogP contribution in [-0.4, -0.2) is 18.2 Å². The molecule has 0 aliphatic carbocycles. The largest absolute Gasteiger partial charge is 0.327 e. The first-order chi connectivity index (χ1) is 12.5. The number of hydrogen-bond acceptors (Lipinski definition) is 3. The smallest absolute Gasteiger partial charge is 0.319 e. The van der Waals surface area contributed by atoms with Gasteiger partial charge < -0.3 is 16.0 Å². The lowest BCUT2D eigenvalue weighted by atomic mass is 9.95. The van der Waals surface area contributed by atoms with Gasteiger partial charge in [-0.1, -0.05) is 28.1 Å². The molecule has 0 spiro atoms. The summed E-state index contributed by atoms with van der Waals surface area (Å²) in [5.74, 6) is -0.253. The average Bonchev–Trinajstić information content (AvgIpc) is 2.63. The summed E-state index contributed by atoms with van der Waals surface area (Å²) in [6, 6.07) is 14.3. The molecule has 1 aliphatic rings. The number of benzene rings is 2.